The van der Waals surface area contributed by atoms with Crippen LogP contribution < -0.4 is 10.2 Å². The highest BCUT2D eigenvalue weighted by Crippen LogP contribution is 2.13. The third-order valence-electron chi connectivity index (χ3n) is 5.55. The molecule has 7 nitrogen and oxygen atoms in total. The molecular formula is C24H34N6O. The van der Waals surface area contributed by atoms with Crippen LogP contribution in [0.3, 0.4) is 0 Å². The molecular weight excluding hydrogens is 388 g/mol. The lowest BCUT2D eigenvalue weighted by Crippen LogP contribution is -2.52. The molecule has 0 unspecified atom stereocenters. The molecule has 1 amide bonds. The number of amides is 1. The zero-order chi connectivity index (χ0) is 22.1. The van der Waals surface area contributed by atoms with Crippen LogP contribution in [-0.4, -0.2) is 72.5 Å². The van der Waals surface area contributed by atoms with E-state index in [4.69, 9.17) is 4.99 Å². The minimum atomic E-state index is 0.0826. The fraction of sp³-hybridized carbons (Fsp3) is 0.458. The normalized spacial score (nSPS) is 14.5. The average Bonchev–Trinajstić information content (AvgIpc) is 2.83. The third kappa shape index (κ3) is 5.96. The van der Waals surface area contributed by atoms with Gasteiger partial charge in [-0.2, -0.15) is 0 Å². The first-order valence-electron chi connectivity index (χ1n) is 11.2. The molecule has 1 aromatic carbocycles. The minimum Gasteiger partial charge on any atom is -0.357 e. The van der Waals surface area contributed by atoms with Crippen LogP contribution in [-0.2, 0) is 6.54 Å². The molecule has 1 fully saturated rings. The monoisotopic (exact) mass is 422 g/mol. The van der Waals surface area contributed by atoms with Gasteiger partial charge in [0.1, 0.15) is 5.82 Å². The Hall–Kier alpha value is -3.09. The van der Waals surface area contributed by atoms with Crippen molar-refractivity contribution in [2.24, 2.45) is 4.99 Å². The molecule has 0 saturated carbocycles. The van der Waals surface area contributed by atoms with Gasteiger partial charge in [0, 0.05) is 57.6 Å². The van der Waals surface area contributed by atoms with Gasteiger partial charge in [-0.05, 0) is 50.6 Å². The molecule has 0 radical (unpaired) electrons. The number of nitrogens with zero attached hydrogens (tertiary/aromatic N) is 5. The molecule has 1 aromatic heterocycles. The van der Waals surface area contributed by atoms with Crippen LogP contribution in [0.2, 0.25) is 0 Å². The molecule has 3 rings (SSSR count). The Bertz CT molecular complexity index is 840. The van der Waals surface area contributed by atoms with E-state index in [-0.39, 0.29) is 5.91 Å². The van der Waals surface area contributed by atoms with Crippen LogP contribution in [0.5, 0.6) is 0 Å². The second-order valence-electron chi connectivity index (χ2n) is 7.51. The van der Waals surface area contributed by atoms with Gasteiger partial charge in [0.2, 0.25) is 0 Å². The number of hydrogen-bond donors (Lipinski definition) is 1. The van der Waals surface area contributed by atoms with E-state index in [1.54, 1.807) is 0 Å². The number of guanidine groups is 1. The zero-order valence-corrected chi connectivity index (χ0v) is 18.9. The lowest BCUT2D eigenvalue weighted by atomic mass is 10.1. The third-order valence-corrected chi connectivity index (χ3v) is 5.55. The number of rotatable bonds is 7. The Kier molecular flexibility index (Phi) is 8.27. The van der Waals surface area contributed by atoms with Gasteiger partial charge in [-0.3, -0.25) is 4.79 Å². The predicted octanol–water partition coefficient (Wildman–Crippen LogP) is 2.85. The SMILES string of the molecule is CCNC(=NCc1ccc(C(=O)N(CC)CC)cc1)N1CCN(c2ccccn2)CC1. The number of anilines is 1. The highest BCUT2D eigenvalue weighted by molar-refractivity contribution is 5.94. The Morgan fingerprint density at radius 1 is 1.03 bits per heavy atom. The van der Waals surface area contributed by atoms with Crippen LogP contribution in [0, 0.1) is 0 Å². The number of carbonyl (C=O) groups is 1. The standard InChI is InChI=1S/C24H34N6O/c1-4-25-24(30-17-15-29(16-18-30)22-9-7-8-14-26-22)27-19-20-10-12-21(13-11-20)23(31)28(5-2)6-3/h7-14H,4-6,15-19H2,1-3H3,(H,25,27). The van der Waals surface area contributed by atoms with Crippen molar-refractivity contribution in [2.45, 2.75) is 27.3 Å². The largest absolute Gasteiger partial charge is 0.357 e. The summed E-state index contributed by atoms with van der Waals surface area (Å²) in [6.07, 6.45) is 1.84. The molecule has 1 aliphatic heterocycles. The number of aliphatic imine (C=N–C) groups is 1. The highest BCUT2D eigenvalue weighted by Gasteiger charge is 2.20. The summed E-state index contributed by atoms with van der Waals surface area (Å²) in [5.74, 6) is 2.05. The Labute approximate surface area is 185 Å². The first kappa shape index (κ1) is 22.6. The van der Waals surface area contributed by atoms with E-state index in [1.807, 2.05) is 61.3 Å². The van der Waals surface area contributed by atoms with Crippen molar-refractivity contribution in [2.75, 3.05) is 50.7 Å². The van der Waals surface area contributed by atoms with Gasteiger partial charge in [-0.15, -0.1) is 0 Å². The van der Waals surface area contributed by atoms with Gasteiger partial charge in [0.25, 0.3) is 5.91 Å². The number of piperazine rings is 1. The molecule has 2 heterocycles. The van der Waals surface area contributed by atoms with Crippen LogP contribution in [0.15, 0.2) is 53.7 Å². The van der Waals surface area contributed by atoms with Gasteiger partial charge < -0.3 is 20.0 Å². The van der Waals surface area contributed by atoms with Crippen LogP contribution in [0.25, 0.3) is 0 Å². The topological polar surface area (TPSA) is 64.1 Å². The summed E-state index contributed by atoms with van der Waals surface area (Å²) in [4.78, 5) is 28.2. The van der Waals surface area contributed by atoms with Gasteiger partial charge >= 0.3 is 0 Å². The second-order valence-corrected chi connectivity index (χ2v) is 7.51. The van der Waals surface area contributed by atoms with Crippen LogP contribution in [0.1, 0.15) is 36.7 Å². The Morgan fingerprint density at radius 3 is 2.32 bits per heavy atom. The summed E-state index contributed by atoms with van der Waals surface area (Å²) < 4.78 is 0. The predicted molar refractivity (Wildman–Crippen MR) is 127 cm³/mol. The molecule has 1 saturated heterocycles. The average molecular weight is 423 g/mol. The first-order chi connectivity index (χ1) is 15.2. The van der Waals surface area contributed by atoms with E-state index in [9.17, 15) is 4.79 Å². The highest BCUT2D eigenvalue weighted by atomic mass is 16.2. The van der Waals surface area contributed by atoms with Crippen molar-refractivity contribution < 1.29 is 4.79 Å². The second kappa shape index (κ2) is 11.3. The first-order valence-corrected chi connectivity index (χ1v) is 11.2. The maximum Gasteiger partial charge on any atom is 0.253 e. The van der Waals surface area contributed by atoms with Gasteiger partial charge in [-0.1, -0.05) is 18.2 Å². The van der Waals surface area contributed by atoms with Crippen molar-refractivity contribution in [3.05, 3.63) is 59.8 Å². The quantitative estimate of drug-likeness (QED) is 0.549. The Balaban J connectivity index is 1.60. The molecule has 7 heteroatoms. The molecule has 0 atom stereocenters. The van der Waals surface area contributed by atoms with Crippen LogP contribution in [0.4, 0.5) is 5.82 Å². The number of nitrogens with one attached hydrogen (secondary N) is 1. The van der Waals surface area contributed by atoms with Crippen molar-refractivity contribution in [3.63, 3.8) is 0 Å². The summed E-state index contributed by atoms with van der Waals surface area (Å²) in [6, 6.07) is 13.9. The molecule has 166 valence electrons. The zero-order valence-electron chi connectivity index (χ0n) is 18.9. The maximum absolute atomic E-state index is 12.5. The van der Waals surface area contributed by atoms with Gasteiger partial charge in [0.05, 0.1) is 6.54 Å². The van der Waals surface area contributed by atoms with Crippen molar-refractivity contribution in [3.8, 4) is 0 Å². The molecule has 1 N–H and O–H groups in total. The minimum absolute atomic E-state index is 0.0826. The number of carbonyl (C=O) groups excluding carboxylic acids is 1. The van der Waals surface area contributed by atoms with E-state index in [0.717, 1.165) is 68.7 Å². The van der Waals surface area contributed by atoms with Gasteiger partial charge in [-0.25, -0.2) is 9.98 Å². The molecule has 0 spiro atoms. The fourth-order valence-corrected chi connectivity index (χ4v) is 3.73. The number of benzene rings is 1. The van der Waals surface area contributed by atoms with E-state index in [1.165, 1.54) is 0 Å². The van der Waals surface area contributed by atoms with Crippen LogP contribution >= 0.6 is 0 Å². The lowest BCUT2D eigenvalue weighted by Gasteiger charge is -2.37. The summed E-state index contributed by atoms with van der Waals surface area (Å²) in [6.45, 7) is 12.6. The summed E-state index contributed by atoms with van der Waals surface area (Å²) >= 11 is 0. The maximum atomic E-state index is 12.5. The summed E-state index contributed by atoms with van der Waals surface area (Å²) in [5, 5.41) is 3.42. The van der Waals surface area contributed by atoms with E-state index >= 15 is 0 Å². The molecule has 31 heavy (non-hydrogen) atoms. The van der Waals surface area contributed by atoms with Crippen molar-refractivity contribution in [1.82, 2.24) is 20.1 Å². The van der Waals surface area contributed by atoms with Crippen molar-refractivity contribution >= 4 is 17.7 Å². The molecule has 2 aromatic rings. The van der Waals surface area contributed by atoms with E-state index in [2.05, 4.69) is 33.1 Å². The summed E-state index contributed by atoms with van der Waals surface area (Å²) in [5.41, 5.74) is 1.83. The van der Waals surface area contributed by atoms with Gasteiger partial charge in [0.15, 0.2) is 5.96 Å². The molecule has 0 aliphatic carbocycles. The van der Waals surface area contributed by atoms with E-state index < -0.39 is 0 Å². The smallest absolute Gasteiger partial charge is 0.253 e. The van der Waals surface area contributed by atoms with E-state index in [0.29, 0.717) is 6.54 Å². The number of pyridine rings is 1. The van der Waals surface area contributed by atoms with Crippen molar-refractivity contribution in [1.29, 1.82) is 0 Å². The number of aromatic nitrogens is 1. The lowest BCUT2D eigenvalue weighted by molar-refractivity contribution is 0.0773. The molecule has 0 bridgehead atoms. The number of hydrogen-bond acceptors (Lipinski definition) is 4. The Morgan fingerprint density at radius 2 is 1.74 bits per heavy atom. The molecule has 1 aliphatic rings. The fourth-order valence-electron chi connectivity index (χ4n) is 3.73. The summed E-state index contributed by atoms with van der Waals surface area (Å²) in [7, 11) is 0.